The number of hydrogen-bond acceptors (Lipinski definition) is 3. The van der Waals surface area contributed by atoms with Gasteiger partial charge < -0.3 is 26.5 Å². The standard InChI is InChI=1S/ClH.O3Si.Y/c;1-4(2)3;/h1H;;/q;-2;+3/p-1. The van der Waals surface area contributed by atoms with Crippen LogP contribution in [0, 0.1) is 0 Å². The molecule has 0 spiro atoms. The van der Waals surface area contributed by atoms with Crippen LogP contribution in [0.2, 0.25) is 0 Å². The minimum absolute atomic E-state index is 0. The fraction of sp³-hybridized carbons (Fsp3) is 0. The Labute approximate surface area is 68.0 Å². The summed E-state index contributed by atoms with van der Waals surface area (Å²) in [5.41, 5.74) is 0. The van der Waals surface area contributed by atoms with E-state index in [2.05, 4.69) is 0 Å². The Hall–Kier alpha value is 1.01. The monoisotopic (exact) mass is 200 g/mol. The average Bonchev–Trinajstić information content (AvgIpc) is 0.811. The van der Waals surface area contributed by atoms with Crippen molar-refractivity contribution in [2.24, 2.45) is 0 Å². The van der Waals surface area contributed by atoms with E-state index in [4.69, 9.17) is 14.1 Å². The van der Waals surface area contributed by atoms with Gasteiger partial charge in [-0.25, -0.2) is 0 Å². The average molecular weight is 200 g/mol. The maximum atomic E-state index is 8.52. The van der Waals surface area contributed by atoms with Crippen molar-refractivity contribution >= 4 is 9.17 Å². The predicted octanol–water partition coefficient (Wildman–Crippen LogP) is -5.88. The molecule has 0 radical (unpaired) electrons. The number of rotatable bonds is 0. The van der Waals surface area contributed by atoms with Crippen LogP contribution in [0.25, 0.3) is 0 Å². The van der Waals surface area contributed by atoms with Crippen LogP contribution in [-0.4, -0.2) is 9.17 Å². The van der Waals surface area contributed by atoms with E-state index in [0.717, 1.165) is 0 Å². The summed E-state index contributed by atoms with van der Waals surface area (Å²) in [5, 5.41) is 0. The molecule has 0 fully saturated rings. The maximum absolute atomic E-state index is 8.52. The zero-order valence-electron chi connectivity index (χ0n) is 2.68. The Kier molecular flexibility index (Phi) is 24.6. The molecule has 0 heterocycles. The van der Waals surface area contributed by atoms with Crippen molar-refractivity contribution in [3.8, 4) is 0 Å². The van der Waals surface area contributed by atoms with E-state index in [-0.39, 0.29) is 45.1 Å². The first-order valence-electron chi connectivity index (χ1n) is 0.612. The van der Waals surface area contributed by atoms with Crippen molar-refractivity contribution in [3.05, 3.63) is 0 Å². The smallest absolute Gasteiger partial charge is 1.00 e. The van der Waals surface area contributed by atoms with Crippen molar-refractivity contribution in [1.29, 1.82) is 0 Å². The van der Waals surface area contributed by atoms with Crippen LogP contribution in [0.15, 0.2) is 0 Å². The van der Waals surface area contributed by atoms with Gasteiger partial charge in [0, 0.05) is 9.17 Å². The summed E-state index contributed by atoms with van der Waals surface area (Å²) >= 11 is 0. The Morgan fingerprint density at radius 3 is 1.33 bits per heavy atom. The van der Waals surface area contributed by atoms with E-state index in [1.54, 1.807) is 0 Å². The third kappa shape index (κ3) is 78.9. The zero-order valence-corrected chi connectivity index (χ0v) is 7.27. The summed E-state index contributed by atoms with van der Waals surface area (Å²) in [4.78, 5) is 17.0. The third-order valence-corrected chi connectivity index (χ3v) is 0. The molecule has 6 heavy (non-hydrogen) atoms. The Bertz CT molecular complexity index is 33.8. The quantitative estimate of drug-likeness (QED) is 0.366. The predicted molar refractivity (Wildman–Crippen MR) is 6.44 cm³/mol. The van der Waals surface area contributed by atoms with E-state index in [1.807, 2.05) is 0 Å². The van der Waals surface area contributed by atoms with Crippen molar-refractivity contribution < 1.29 is 59.2 Å². The largest absolute Gasteiger partial charge is 3.00 e. The molecule has 0 saturated heterocycles. The molecule has 0 bridgehead atoms. The van der Waals surface area contributed by atoms with Gasteiger partial charge in [-0.05, 0) is 0 Å². The van der Waals surface area contributed by atoms with Gasteiger partial charge in [0.15, 0.2) is 0 Å². The molecule has 0 rings (SSSR count). The van der Waals surface area contributed by atoms with Gasteiger partial charge in [-0.3, -0.25) is 0 Å². The molecule has 0 aromatic heterocycles. The van der Waals surface area contributed by atoms with Crippen LogP contribution in [0.5, 0.6) is 0 Å². The Balaban J connectivity index is -0.0000000450. The third-order valence-electron chi connectivity index (χ3n) is 0. The SMILES string of the molecule is O=[Si]([O-])[O-].[Cl-].[Y+3]. The van der Waals surface area contributed by atoms with Gasteiger partial charge >= 0.3 is 32.7 Å². The second kappa shape index (κ2) is 9.38. The first-order chi connectivity index (χ1) is 1.73. The summed E-state index contributed by atoms with van der Waals surface area (Å²) in [7, 11) is -3.63. The normalized spacial score (nSPS) is 4.00. The summed E-state index contributed by atoms with van der Waals surface area (Å²) in [6.45, 7) is 0. The van der Waals surface area contributed by atoms with E-state index in [9.17, 15) is 0 Å². The molecule has 0 aromatic carbocycles. The number of hydrogen-bond donors (Lipinski definition) is 0. The fourth-order valence-corrected chi connectivity index (χ4v) is 0. The van der Waals surface area contributed by atoms with Gasteiger partial charge in [0.05, 0.1) is 0 Å². The second-order valence-corrected chi connectivity index (χ2v) is 0.750. The molecule has 6 heteroatoms. The molecule has 0 saturated carbocycles. The van der Waals surface area contributed by atoms with E-state index >= 15 is 0 Å². The van der Waals surface area contributed by atoms with Crippen molar-refractivity contribution in [1.82, 2.24) is 0 Å². The summed E-state index contributed by atoms with van der Waals surface area (Å²) in [5.74, 6) is 0. The first kappa shape index (κ1) is 15.7. The van der Waals surface area contributed by atoms with Crippen molar-refractivity contribution in [2.45, 2.75) is 0 Å². The van der Waals surface area contributed by atoms with Crippen LogP contribution in [0.1, 0.15) is 0 Å². The Morgan fingerprint density at radius 2 is 1.33 bits per heavy atom. The van der Waals surface area contributed by atoms with Gasteiger partial charge in [0.1, 0.15) is 0 Å². The van der Waals surface area contributed by atoms with Crippen LogP contribution < -0.4 is 22.0 Å². The molecular formula is ClO3SiY. The minimum Gasteiger partial charge on any atom is -1.00 e. The summed E-state index contributed by atoms with van der Waals surface area (Å²) in [6.07, 6.45) is 0. The fourth-order valence-electron chi connectivity index (χ4n) is 0. The first-order valence-corrected chi connectivity index (χ1v) is 1.84. The zero-order chi connectivity index (χ0) is 3.58. The molecular weight excluding hydrogens is 200 g/mol. The summed E-state index contributed by atoms with van der Waals surface area (Å²) in [6, 6.07) is 0. The van der Waals surface area contributed by atoms with E-state index in [1.165, 1.54) is 0 Å². The Morgan fingerprint density at radius 1 is 1.33 bits per heavy atom. The molecule has 0 N–H and O–H groups in total. The molecule has 0 aromatic rings. The van der Waals surface area contributed by atoms with Gasteiger partial charge in [-0.1, -0.05) is 0 Å². The maximum Gasteiger partial charge on any atom is 3.00 e. The van der Waals surface area contributed by atoms with Gasteiger partial charge in [-0.15, -0.1) is 0 Å². The summed E-state index contributed by atoms with van der Waals surface area (Å²) < 4.78 is 8.52. The van der Waals surface area contributed by atoms with Crippen molar-refractivity contribution in [3.63, 3.8) is 0 Å². The number of halogens is 1. The van der Waals surface area contributed by atoms with Crippen molar-refractivity contribution in [2.75, 3.05) is 0 Å². The molecule has 3 nitrogen and oxygen atoms in total. The van der Waals surface area contributed by atoms with Crippen LogP contribution in [0.4, 0.5) is 0 Å². The molecule has 0 atom stereocenters. The molecule has 0 aliphatic rings. The van der Waals surface area contributed by atoms with E-state index in [0.29, 0.717) is 0 Å². The topological polar surface area (TPSA) is 63.2 Å². The molecule has 0 aliphatic carbocycles. The van der Waals surface area contributed by atoms with Crippen LogP contribution in [0.3, 0.4) is 0 Å². The second-order valence-electron chi connectivity index (χ2n) is 0.250. The van der Waals surface area contributed by atoms with Gasteiger partial charge in [0.25, 0.3) is 0 Å². The van der Waals surface area contributed by atoms with E-state index < -0.39 is 9.17 Å². The molecule has 0 unspecified atom stereocenters. The van der Waals surface area contributed by atoms with Gasteiger partial charge in [0.2, 0.25) is 0 Å². The van der Waals surface area contributed by atoms with Crippen LogP contribution >= 0.6 is 0 Å². The molecule has 0 amide bonds. The van der Waals surface area contributed by atoms with Gasteiger partial charge in [-0.2, -0.15) is 0 Å². The minimum atomic E-state index is -3.63. The molecule has 32 valence electrons. The molecule has 0 aliphatic heterocycles. The van der Waals surface area contributed by atoms with Crippen LogP contribution in [-0.2, 0) is 37.2 Å².